The zero-order valence-corrected chi connectivity index (χ0v) is 16.1. The van der Waals surface area contributed by atoms with Crippen LogP contribution in [0.5, 0.6) is 34.5 Å². The third-order valence-corrected chi connectivity index (χ3v) is 4.32. The molecule has 0 unspecified atom stereocenters. The summed E-state index contributed by atoms with van der Waals surface area (Å²) in [5, 5.41) is 10.5. The van der Waals surface area contributed by atoms with Crippen LogP contribution in [0, 0.1) is 0 Å². The van der Waals surface area contributed by atoms with E-state index in [1.54, 1.807) is 18.2 Å². The lowest BCUT2D eigenvalue weighted by Crippen LogP contribution is -2.09. The van der Waals surface area contributed by atoms with Gasteiger partial charge in [-0.1, -0.05) is 0 Å². The molecule has 148 valence electrons. The molecule has 0 spiro atoms. The van der Waals surface area contributed by atoms with Crippen molar-refractivity contribution in [3.63, 3.8) is 0 Å². The lowest BCUT2D eigenvalue weighted by Gasteiger charge is -2.15. The van der Waals surface area contributed by atoms with Gasteiger partial charge in [-0.25, -0.2) is 0 Å². The molecule has 0 bridgehead atoms. The molecule has 0 saturated carbocycles. The van der Waals surface area contributed by atoms with E-state index in [-0.39, 0.29) is 34.0 Å². The molecule has 28 heavy (non-hydrogen) atoms. The van der Waals surface area contributed by atoms with E-state index in [0.717, 1.165) is 0 Å². The van der Waals surface area contributed by atoms with Crippen molar-refractivity contribution in [2.24, 2.45) is 0 Å². The fourth-order valence-corrected chi connectivity index (χ4v) is 2.98. The fraction of sp³-hybridized carbons (Fsp3) is 0.250. The van der Waals surface area contributed by atoms with Crippen molar-refractivity contribution in [2.75, 3.05) is 35.5 Å². The van der Waals surface area contributed by atoms with Crippen molar-refractivity contribution in [1.29, 1.82) is 0 Å². The number of phenols is 1. The maximum Gasteiger partial charge on any atom is 0.239 e. The highest BCUT2D eigenvalue weighted by molar-refractivity contribution is 5.91. The molecular weight excluding hydrogens is 368 g/mol. The monoisotopic (exact) mass is 388 g/mol. The predicted molar refractivity (Wildman–Crippen MR) is 102 cm³/mol. The molecule has 1 N–H and O–H groups in total. The van der Waals surface area contributed by atoms with Gasteiger partial charge in [0.15, 0.2) is 17.3 Å². The fourth-order valence-electron chi connectivity index (χ4n) is 2.98. The molecule has 3 rings (SSSR count). The first-order valence-corrected chi connectivity index (χ1v) is 8.21. The number of phenolic OH excluding ortho intramolecular Hbond substituents is 1. The van der Waals surface area contributed by atoms with E-state index in [9.17, 15) is 9.90 Å². The van der Waals surface area contributed by atoms with Crippen molar-refractivity contribution >= 4 is 11.0 Å². The van der Waals surface area contributed by atoms with E-state index in [0.29, 0.717) is 17.1 Å². The minimum absolute atomic E-state index is 0.0241. The van der Waals surface area contributed by atoms with Crippen molar-refractivity contribution < 1.29 is 33.2 Å². The summed E-state index contributed by atoms with van der Waals surface area (Å²) >= 11 is 0. The predicted octanol–water partition coefficient (Wildman–Crippen LogP) is 3.21. The number of rotatable bonds is 6. The molecule has 0 aliphatic heterocycles. The molecule has 0 aliphatic carbocycles. The number of hydrogen-bond acceptors (Lipinski definition) is 8. The van der Waals surface area contributed by atoms with Crippen LogP contribution < -0.4 is 29.1 Å². The van der Waals surface area contributed by atoms with Gasteiger partial charge < -0.3 is 33.2 Å². The van der Waals surface area contributed by atoms with E-state index in [2.05, 4.69) is 0 Å². The molecule has 0 aliphatic rings. The molecule has 0 radical (unpaired) electrons. The van der Waals surface area contributed by atoms with Gasteiger partial charge in [0.25, 0.3) is 0 Å². The van der Waals surface area contributed by atoms with E-state index in [1.165, 1.54) is 41.6 Å². The van der Waals surface area contributed by atoms with Crippen LogP contribution in [0.3, 0.4) is 0 Å². The summed E-state index contributed by atoms with van der Waals surface area (Å²) in [6.45, 7) is 0. The highest BCUT2D eigenvalue weighted by Crippen LogP contribution is 2.45. The van der Waals surface area contributed by atoms with Gasteiger partial charge in [0.2, 0.25) is 16.9 Å². The third-order valence-electron chi connectivity index (χ3n) is 4.32. The lowest BCUT2D eigenvalue weighted by molar-refractivity contribution is 0.334. The standard InChI is InChI=1S/C20H20O8/c1-23-10-6-7-12(24-2)11(8-10)18-20(27-5)17(22)15-13(28-18)9-14(25-3)19(26-4)16(15)21/h6-9,21H,1-5H3. The molecule has 2 aromatic carbocycles. The average molecular weight is 388 g/mol. The van der Waals surface area contributed by atoms with Gasteiger partial charge in [-0.05, 0) is 18.2 Å². The van der Waals surface area contributed by atoms with Gasteiger partial charge in [0, 0.05) is 6.07 Å². The Kier molecular flexibility index (Phi) is 5.21. The van der Waals surface area contributed by atoms with Crippen molar-refractivity contribution in [3.8, 4) is 45.8 Å². The Bertz CT molecular complexity index is 1080. The van der Waals surface area contributed by atoms with E-state index in [4.69, 9.17) is 28.1 Å². The molecule has 0 fully saturated rings. The minimum atomic E-state index is -0.568. The van der Waals surface area contributed by atoms with Crippen LogP contribution in [-0.4, -0.2) is 40.7 Å². The molecule has 0 saturated heterocycles. The van der Waals surface area contributed by atoms with Gasteiger partial charge >= 0.3 is 0 Å². The smallest absolute Gasteiger partial charge is 0.239 e. The topological polar surface area (TPSA) is 96.6 Å². The highest BCUT2D eigenvalue weighted by atomic mass is 16.5. The first-order chi connectivity index (χ1) is 13.5. The molecule has 0 atom stereocenters. The van der Waals surface area contributed by atoms with Crippen LogP contribution in [0.1, 0.15) is 0 Å². The molecule has 1 aromatic heterocycles. The molecule has 3 aromatic rings. The zero-order valence-electron chi connectivity index (χ0n) is 16.1. The summed E-state index contributed by atoms with van der Waals surface area (Å²) in [6.07, 6.45) is 0. The van der Waals surface area contributed by atoms with Gasteiger partial charge in [0.1, 0.15) is 22.5 Å². The summed E-state index contributed by atoms with van der Waals surface area (Å²) in [5.74, 6) is 0.861. The second kappa shape index (κ2) is 7.59. The van der Waals surface area contributed by atoms with Crippen LogP contribution in [0.4, 0.5) is 0 Å². The van der Waals surface area contributed by atoms with Crippen LogP contribution >= 0.6 is 0 Å². The lowest BCUT2D eigenvalue weighted by atomic mass is 10.1. The molecule has 1 heterocycles. The first kappa shape index (κ1) is 19.2. The Balaban J connectivity index is 2.44. The van der Waals surface area contributed by atoms with E-state index >= 15 is 0 Å². The van der Waals surface area contributed by atoms with Crippen LogP contribution in [-0.2, 0) is 0 Å². The highest BCUT2D eigenvalue weighted by Gasteiger charge is 2.25. The second-order valence-electron chi connectivity index (χ2n) is 5.69. The minimum Gasteiger partial charge on any atom is -0.504 e. The van der Waals surface area contributed by atoms with E-state index < -0.39 is 11.2 Å². The molecule has 8 nitrogen and oxygen atoms in total. The third kappa shape index (κ3) is 2.92. The SMILES string of the molecule is COc1ccc(OC)c(-c2oc3cc(OC)c(OC)c(O)c3c(=O)c2OC)c1. The quantitative estimate of drug-likeness (QED) is 0.688. The Morgan fingerprint density at radius 2 is 1.50 bits per heavy atom. The van der Waals surface area contributed by atoms with Gasteiger partial charge in [0.05, 0.1) is 41.1 Å². The van der Waals surface area contributed by atoms with Crippen LogP contribution in [0.25, 0.3) is 22.3 Å². The van der Waals surface area contributed by atoms with Gasteiger partial charge in [-0.2, -0.15) is 0 Å². The normalized spacial score (nSPS) is 10.6. The second-order valence-corrected chi connectivity index (χ2v) is 5.69. The summed E-state index contributed by atoms with van der Waals surface area (Å²) in [6, 6.07) is 6.52. The number of hydrogen-bond donors (Lipinski definition) is 1. The number of methoxy groups -OCH3 is 5. The number of ether oxygens (including phenoxy) is 5. The summed E-state index contributed by atoms with van der Waals surface area (Å²) in [5.41, 5.74) is -0.0186. The Morgan fingerprint density at radius 3 is 2.07 bits per heavy atom. The van der Waals surface area contributed by atoms with Gasteiger partial charge in [-0.3, -0.25) is 4.79 Å². The summed E-state index contributed by atoms with van der Waals surface area (Å²) in [4.78, 5) is 13.1. The van der Waals surface area contributed by atoms with Crippen molar-refractivity contribution in [3.05, 3.63) is 34.5 Å². The zero-order chi connectivity index (χ0) is 20.4. The average Bonchev–Trinajstić information content (AvgIpc) is 2.72. The largest absolute Gasteiger partial charge is 0.504 e. The Hall–Kier alpha value is -3.55. The number of aromatic hydroxyl groups is 1. The maximum absolute atomic E-state index is 13.1. The Labute approximate surface area is 160 Å². The maximum atomic E-state index is 13.1. The first-order valence-electron chi connectivity index (χ1n) is 8.21. The summed E-state index contributed by atoms with van der Waals surface area (Å²) < 4.78 is 32.3. The van der Waals surface area contributed by atoms with Crippen molar-refractivity contribution in [2.45, 2.75) is 0 Å². The molecular formula is C20H20O8. The van der Waals surface area contributed by atoms with Crippen molar-refractivity contribution in [1.82, 2.24) is 0 Å². The molecule has 0 amide bonds. The molecule has 8 heteroatoms. The summed E-state index contributed by atoms with van der Waals surface area (Å²) in [7, 11) is 7.13. The van der Waals surface area contributed by atoms with Gasteiger partial charge in [-0.15, -0.1) is 0 Å². The Morgan fingerprint density at radius 1 is 0.821 bits per heavy atom. The van der Waals surface area contributed by atoms with Crippen LogP contribution in [0.2, 0.25) is 0 Å². The number of benzene rings is 2. The van der Waals surface area contributed by atoms with E-state index in [1.807, 2.05) is 0 Å². The van der Waals surface area contributed by atoms with Crippen LogP contribution in [0.15, 0.2) is 33.5 Å². The number of fused-ring (bicyclic) bond motifs is 1.